The van der Waals surface area contributed by atoms with E-state index in [9.17, 15) is 5.11 Å². The molecule has 0 amide bonds. The number of hydrogen-bond donors (Lipinski definition) is 3. The first-order valence-electron chi connectivity index (χ1n) is 6.06. The third-order valence-electron chi connectivity index (χ3n) is 2.77. The van der Waals surface area contributed by atoms with Gasteiger partial charge in [0.15, 0.2) is 0 Å². The van der Waals surface area contributed by atoms with Crippen LogP contribution in [-0.4, -0.2) is 28.4 Å². The van der Waals surface area contributed by atoms with E-state index in [1.165, 1.54) is 5.39 Å². The van der Waals surface area contributed by atoms with Crippen molar-refractivity contribution < 1.29 is 14.7 Å². The van der Waals surface area contributed by atoms with E-state index in [2.05, 4.69) is 11.1 Å². The Labute approximate surface area is 111 Å². The Morgan fingerprint density at radius 3 is 2.63 bits per heavy atom. The van der Waals surface area contributed by atoms with Gasteiger partial charge in [-0.15, -0.1) is 0 Å². The maximum atomic E-state index is 9.86. The van der Waals surface area contributed by atoms with Crippen molar-refractivity contribution in [3.8, 4) is 0 Å². The molecule has 0 bridgehead atoms. The van der Waals surface area contributed by atoms with Gasteiger partial charge in [0, 0.05) is 29.6 Å². The van der Waals surface area contributed by atoms with E-state index in [4.69, 9.17) is 15.3 Å². The zero-order chi connectivity index (χ0) is 14.3. The lowest BCUT2D eigenvalue weighted by molar-refractivity contribution is -0.191. The summed E-state index contributed by atoms with van der Waals surface area (Å²) in [5, 5.41) is 11.0. The van der Waals surface area contributed by atoms with Crippen molar-refractivity contribution in [3.05, 3.63) is 36.0 Å². The summed E-state index contributed by atoms with van der Waals surface area (Å²) in [6, 6.07) is 8.16. The third-order valence-corrected chi connectivity index (χ3v) is 2.77. The second-order valence-corrected chi connectivity index (χ2v) is 4.51. The normalized spacial score (nSPS) is 13.2. The molecule has 4 N–H and O–H groups in total. The van der Waals surface area contributed by atoms with Gasteiger partial charge in [-0.1, -0.05) is 18.2 Å². The molecule has 2 aromatic rings. The van der Waals surface area contributed by atoms with Gasteiger partial charge in [0.1, 0.15) is 0 Å². The minimum Gasteiger partial charge on any atom is -0.393 e. The van der Waals surface area contributed by atoms with Gasteiger partial charge >= 0.3 is 6.15 Å². The maximum absolute atomic E-state index is 9.86. The summed E-state index contributed by atoms with van der Waals surface area (Å²) >= 11 is 0. The van der Waals surface area contributed by atoms with Crippen LogP contribution in [0.25, 0.3) is 10.9 Å². The molecule has 102 valence electrons. The van der Waals surface area contributed by atoms with Crippen LogP contribution < -0.4 is 5.73 Å². The number of rotatable bonds is 4. The Balaban J connectivity index is 0.000000550. The Morgan fingerprint density at radius 1 is 1.37 bits per heavy atom. The minimum atomic E-state index is -0.362. The Bertz CT molecular complexity index is 542. The van der Waals surface area contributed by atoms with E-state index in [0.29, 0.717) is 12.8 Å². The monoisotopic (exact) mass is 262 g/mol. The summed E-state index contributed by atoms with van der Waals surface area (Å²) in [5.74, 6) is 0. The molecule has 0 spiro atoms. The summed E-state index contributed by atoms with van der Waals surface area (Å²) in [6.07, 6.45) is 3.15. The van der Waals surface area contributed by atoms with Crippen LogP contribution in [0.2, 0.25) is 0 Å². The van der Waals surface area contributed by atoms with Gasteiger partial charge in [0.25, 0.3) is 0 Å². The summed E-state index contributed by atoms with van der Waals surface area (Å²) in [6.45, 7) is 1.92. The fraction of sp³-hybridized carbons (Fsp3) is 0.357. The molecular weight excluding hydrogens is 244 g/mol. The van der Waals surface area contributed by atoms with Crippen molar-refractivity contribution in [1.82, 2.24) is 4.98 Å². The fourth-order valence-electron chi connectivity index (χ4n) is 2.07. The molecule has 2 rings (SSSR count). The van der Waals surface area contributed by atoms with Crippen LogP contribution >= 0.6 is 0 Å². The van der Waals surface area contributed by atoms with Crippen LogP contribution in [0.15, 0.2) is 30.5 Å². The van der Waals surface area contributed by atoms with Crippen LogP contribution in [-0.2, 0) is 16.0 Å². The number of aliphatic hydroxyl groups is 1. The Morgan fingerprint density at radius 2 is 2.00 bits per heavy atom. The van der Waals surface area contributed by atoms with Crippen LogP contribution in [0, 0.1) is 0 Å². The number of para-hydroxylation sites is 1. The molecule has 0 radical (unpaired) electrons. The zero-order valence-electron chi connectivity index (χ0n) is 10.8. The average Bonchev–Trinajstić information content (AvgIpc) is 2.73. The quantitative estimate of drug-likeness (QED) is 0.772. The van der Waals surface area contributed by atoms with Gasteiger partial charge in [-0.25, -0.2) is 0 Å². The summed E-state index contributed by atoms with van der Waals surface area (Å²) < 4.78 is 0. The number of aromatic nitrogens is 1. The molecule has 1 unspecified atom stereocenters. The highest BCUT2D eigenvalue weighted by Gasteiger charge is 2.11. The van der Waals surface area contributed by atoms with E-state index in [-0.39, 0.29) is 18.3 Å². The van der Waals surface area contributed by atoms with E-state index in [1.807, 2.05) is 31.3 Å². The van der Waals surface area contributed by atoms with E-state index >= 15 is 0 Å². The van der Waals surface area contributed by atoms with Gasteiger partial charge in [-0.2, -0.15) is 9.59 Å². The molecule has 0 saturated heterocycles. The lowest BCUT2D eigenvalue weighted by Crippen LogP contribution is -2.24. The molecule has 0 aliphatic rings. The third kappa shape index (κ3) is 4.67. The van der Waals surface area contributed by atoms with Crippen LogP contribution in [0.3, 0.4) is 0 Å². The molecule has 0 saturated carbocycles. The first kappa shape index (κ1) is 15.1. The van der Waals surface area contributed by atoms with Crippen molar-refractivity contribution >= 4 is 17.1 Å². The zero-order valence-corrected chi connectivity index (χ0v) is 10.8. The first-order chi connectivity index (χ1) is 9.08. The van der Waals surface area contributed by atoms with Crippen molar-refractivity contribution in [1.29, 1.82) is 0 Å². The molecule has 2 atom stereocenters. The highest BCUT2D eigenvalue weighted by atomic mass is 16.3. The predicted molar refractivity (Wildman–Crippen MR) is 71.3 cm³/mol. The van der Waals surface area contributed by atoms with Gasteiger partial charge in [-0.05, 0) is 25.0 Å². The summed E-state index contributed by atoms with van der Waals surface area (Å²) in [5.41, 5.74) is 7.94. The molecule has 1 aromatic carbocycles. The molecule has 19 heavy (non-hydrogen) atoms. The van der Waals surface area contributed by atoms with E-state index < -0.39 is 0 Å². The first-order valence-corrected chi connectivity index (χ1v) is 6.06. The molecule has 1 aromatic heterocycles. The molecule has 0 aliphatic carbocycles. The van der Waals surface area contributed by atoms with Crippen molar-refractivity contribution in [2.24, 2.45) is 5.73 Å². The van der Waals surface area contributed by atoms with Crippen LogP contribution in [0.5, 0.6) is 0 Å². The smallest absolute Gasteiger partial charge is 0.373 e. The highest BCUT2D eigenvalue weighted by Crippen LogP contribution is 2.19. The fourth-order valence-corrected chi connectivity index (χ4v) is 2.07. The number of aliphatic hydroxyl groups excluding tert-OH is 1. The molecule has 5 nitrogen and oxygen atoms in total. The summed E-state index contributed by atoms with van der Waals surface area (Å²) in [7, 11) is 0. The van der Waals surface area contributed by atoms with E-state index in [1.54, 1.807) is 0 Å². The van der Waals surface area contributed by atoms with Crippen LogP contribution in [0.4, 0.5) is 0 Å². The van der Waals surface area contributed by atoms with E-state index in [0.717, 1.165) is 11.1 Å². The highest BCUT2D eigenvalue weighted by molar-refractivity contribution is 5.83. The predicted octanol–water partition coefficient (Wildman–Crippen LogP) is 1.23. The minimum absolute atomic E-state index is 0.0419. The Kier molecular flexibility index (Phi) is 5.96. The molecular formula is C14H18N2O3. The largest absolute Gasteiger partial charge is 0.393 e. The number of benzene rings is 1. The van der Waals surface area contributed by atoms with Gasteiger partial charge in [0.05, 0.1) is 6.10 Å². The number of fused-ring (bicyclic) bond motifs is 1. The van der Waals surface area contributed by atoms with Crippen molar-refractivity contribution in [3.63, 3.8) is 0 Å². The molecule has 0 fully saturated rings. The SMILES string of the molecule is CC(N)C[C@H](O)Cc1c[nH]c2ccccc12.O=C=O. The van der Waals surface area contributed by atoms with Crippen molar-refractivity contribution in [2.75, 3.05) is 0 Å². The number of nitrogens with two attached hydrogens (primary N) is 1. The lowest BCUT2D eigenvalue weighted by atomic mass is 10.0. The standard InChI is InChI=1S/C13H18N2O.CO2/c1-9(14)6-11(16)7-10-8-15-13-5-3-2-4-12(10)13;2-1-3/h2-5,8-9,11,15-16H,6-7,14H2,1H3;/t9?,11-;/m0./s1. The molecule has 5 heteroatoms. The number of H-pyrrole nitrogens is 1. The van der Waals surface area contributed by atoms with Gasteiger partial charge < -0.3 is 15.8 Å². The number of carbonyl (C=O) groups excluding carboxylic acids is 2. The lowest BCUT2D eigenvalue weighted by Gasteiger charge is -2.12. The maximum Gasteiger partial charge on any atom is 0.373 e. The van der Waals surface area contributed by atoms with Gasteiger partial charge in [0.2, 0.25) is 0 Å². The average molecular weight is 262 g/mol. The topological polar surface area (TPSA) is 96.2 Å². The summed E-state index contributed by atoms with van der Waals surface area (Å²) in [4.78, 5) is 19.5. The second kappa shape index (κ2) is 7.48. The number of hydrogen-bond acceptors (Lipinski definition) is 4. The van der Waals surface area contributed by atoms with Crippen molar-refractivity contribution in [2.45, 2.75) is 31.9 Å². The van der Waals surface area contributed by atoms with Crippen LogP contribution in [0.1, 0.15) is 18.9 Å². The number of aromatic amines is 1. The second-order valence-electron chi connectivity index (χ2n) is 4.51. The number of nitrogens with one attached hydrogen (secondary N) is 1. The Hall–Kier alpha value is -1.94. The van der Waals surface area contributed by atoms with Gasteiger partial charge in [-0.3, -0.25) is 0 Å². The molecule has 1 heterocycles. The molecule has 0 aliphatic heterocycles.